The van der Waals surface area contributed by atoms with Crippen LogP contribution in [0.25, 0.3) is 11.3 Å². The maximum absolute atomic E-state index is 12.6. The van der Waals surface area contributed by atoms with Crippen molar-refractivity contribution in [2.75, 3.05) is 0 Å². The van der Waals surface area contributed by atoms with Crippen molar-refractivity contribution in [2.24, 2.45) is 17.3 Å². The van der Waals surface area contributed by atoms with E-state index in [2.05, 4.69) is 0 Å². The highest BCUT2D eigenvalue weighted by Crippen LogP contribution is 2.60. The molecule has 2 unspecified atom stereocenters. The van der Waals surface area contributed by atoms with Gasteiger partial charge in [0.2, 0.25) is 0 Å². The lowest BCUT2D eigenvalue weighted by atomic mass is 10.1. The predicted molar refractivity (Wildman–Crippen MR) is 94.7 cm³/mol. The van der Waals surface area contributed by atoms with Gasteiger partial charge in [-0.2, -0.15) is 13.2 Å². The summed E-state index contributed by atoms with van der Waals surface area (Å²) in [4.78, 5) is 12.4. The Balaban J connectivity index is 1.64. The minimum atomic E-state index is -4.61. The first-order valence-electron chi connectivity index (χ1n) is 8.34. The van der Waals surface area contributed by atoms with E-state index in [-0.39, 0.29) is 6.61 Å². The number of carbonyl (C=O) groups excluding carboxylic acids is 1. The first kappa shape index (κ1) is 19.5. The maximum atomic E-state index is 12.6. The molecule has 1 fully saturated rings. The van der Waals surface area contributed by atoms with Crippen LogP contribution in [0.1, 0.15) is 19.4 Å². The van der Waals surface area contributed by atoms with Crippen LogP contribution in [0.15, 0.2) is 58.2 Å². The number of halogens is 4. The van der Waals surface area contributed by atoms with Crippen molar-refractivity contribution in [3.8, 4) is 11.3 Å². The number of furan rings is 1. The van der Waals surface area contributed by atoms with Crippen LogP contribution in [-0.4, -0.2) is 12.1 Å². The average Bonchev–Trinajstić information content (AvgIpc) is 2.97. The molecule has 3 nitrogen and oxygen atoms in total. The van der Waals surface area contributed by atoms with E-state index in [1.165, 1.54) is 0 Å². The Hall–Kier alpha value is -2.21. The van der Waals surface area contributed by atoms with Crippen LogP contribution in [0, 0.1) is 17.3 Å². The Morgan fingerprint density at radius 2 is 2.04 bits per heavy atom. The van der Waals surface area contributed by atoms with Crippen molar-refractivity contribution >= 4 is 17.6 Å². The number of allylic oxidation sites excluding steroid dienone is 2. The fourth-order valence-corrected chi connectivity index (χ4v) is 3.33. The second-order valence-corrected chi connectivity index (χ2v) is 7.53. The third-order valence-electron chi connectivity index (χ3n) is 4.88. The van der Waals surface area contributed by atoms with Crippen LogP contribution in [0.2, 0.25) is 0 Å². The van der Waals surface area contributed by atoms with Crippen molar-refractivity contribution in [3.63, 3.8) is 0 Å². The second-order valence-electron chi connectivity index (χ2n) is 7.12. The largest absolute Gasteiger partial charge is 0.464 e. The molecule has 1 aliphatic carbocycles. The van der Waals surface area contributed by atoms with Crippen molar-refractivity contribution < 1.29 is 27.1 Å². The Labute approximate surface area is 159 Å². The molecule has 0 bridgehead atoms. The molecule has 1 heterocycles. The van der Waals surface area contributed by atoms with E-state index in [1.54, 1.807) is 32.2 Å². The topological polar surface area (TPSA) is 39.4 Å². The lowest BCUT2D eigenvalue weighted by molar-refractivity contribution is -0.147. The van der Waals surface area contributed by atoms with E-state index in [0.717, 1.165) is 17.2 Å². The number of rotatable bonds is 5. The standard InChI is InChI=1S/C20H18ClF3O3/c1-19(2)14(10-16(21)20(22,23)24)17(19)18(25)27-11-12-5-3-6-13(9-12)15-7-4-8-26-15/h3-10,14,17H,11H2,1-2H3. The molecule has 1 saturated carbocycles. The van der Waals surface area contributed by atoms with Gasteiger partial charge in [-0.3, -0.25) is 4.79 Å². The SMILES string of the molecule is CC1(C)C(C=C(Cl)C(F)(F)F)C1C(=O)OCc1cccc(-c2ccco2)c1. The third-order valence-corrected chi connectivity index (χ3v) is 5.22. The first-order valence-corrected chi connectivity index (χ1v) is 8.72. The van der Waals surface area contributed by atoms with E-state index < -0.39 is 34.4 Å². The summed E-state index contributed by atoms with van der Waals surface area (Å²) in [6.07, 6.45) is -2.14. The van der Waals surface area contributed by atoms with E-state index >= 15 is 0 Å². The summed E-state index contributed by atoms with van der Waals surface area (Å²) in [5.74, 6) is -1.09. The van der Waals surface area contributed by atoms with Gasteiger partial charge in [0.05, 0.1) is 12.2 Å². The van der Waals surface area contributed by atoms with E-state index in [1.807, 2.05) is 24.3 Å². The molecule has 3 rings (SSSR count). The fraction of sp³-hybridized carbons (Fsp3) is 0.350. The zero-order valence-corrected chi connectivity index (χ0v) is 15.5. The highest BCUT2D eigenvalue weighted by atomic mass is 35.5. The minimum Gasteiger partial charge on any atom is -0.464 e. The zero-order chi connectivity index (χ0) is 19.8. The normalized spacial score (nSPS) is 21.8. The minimum absolute atomic E-state index is 0.0311. The Morgan fingerprint density at radius 1 is 1.30 bits per heavy atom. The molecule has 2 atom stereocenters. The zero-order valence-electron chi connectivity index (χ0n) is 14.7. The fourth-order valence-electron chi connectivity index (χ4n) is 3.19. The van der Waals surface area contributed by atoms with Gasteiger partial charge >= 0.3 is 12.1 Å². The monoisotopic (exact) mass is 398 g/mol. The van der Waals surface area contributed by atoms with E-state index in [9.17, 15) is 18.0 Å². The molecule has 1 aliphatic rings. The lowest BCUT2D eigenvalue weighted by Crippen LogP contribution is -2.11. The van der Waals surface area contributed by atoms with Crippen molar-refractivity contribution in [2.45, 2.75) is 26.6 Å². The number of ether oxygens (including phenoxy) is 1. The Kier molecular flexibility index (Phi) is 5.12. The van der Waals surface area contributed by atoms with Gasteiger partial charge in [0.15, 0.2) is 0 Å². The summed E-state index contributed by atoms with van der Waals surface area (Å²) >= 11 is 5.30. The summed E-state index contributed by atoms with van der Waals surface area (Å²) in [6.45, 7) is 3.47. The highest BCUT2D eigenvalue weighted by Gasteiger charge is 2.62. The van der Waals surface area contributed by atoms with Gasteiger partial charge in [0.25, 0.3) is 0 Å². The molecule has 7 heteroatoms. The van der Waals surface area contributed by atoms with Gasteiger partial charge in [-0.25, -0.2) is 0 Å². The first-order chi connectivity index (χ1) is 12.6. The number of hydrogen-bond acceptors (Lipinski definition) is 3. The Morgan fingerprint density at radius 3 is 2.67 bits per heavy atom. The molecule has 0 aliphatic heterocycles. The van der Waals surface area contributed by atoms with Crippen LogP contribution < -0.4 is 0 Å². The summed E-state index contributed by atoms with van der Waals surface area (Å²) in [6, 6.07) is 10.9. The number of benzene rings is 1. The summed E-state index contributed by atoms with van der Waals surface area (Å²) in [7, 11) is 0. The summed E-state index contributed by atoms with van der Waals surface area (Å²) < 4.78 is 48.5. The van der Waals surface area contributed by atoms with Crippen LogP contribution in [-0.2, 0) is 16.1 Å². The highest BCUT2D eigenvalue weighted by molar-refractivity contribution is 6.30. The second kappa shape index (κ2) is 7.08. The van der Waals surface area contributed by atoms with Crippen LogP contribution >= 0.6 is 11.6 Å². The van der Waals surface area contributed by atoms with E-state index in [0.29, 0.717) is 5.76 Å². The van der Waals surface area contributed by atoms with Gasteiger partial charge in [0, 0.05) is 5.56 Å². The number of esters is 1. The van der Waals surface area contributed by atoms with Crippen molar-refractivity contribution in [1.82, 2.24) is 0 Å². The van der Waals surface area contributed by atoms with Gasteiger partial charge in [-0.05, 0) is 35.1 Å². The van der Waals surface area contributed by atoms with Crippen LogP contribution in [0.4, 0.5) is 13.2 Å². The molecule has 0 amide bonds. The molecule has 0 spiro atoms. The molecular weight excluding hydrogens is 381 g/mol. The maximum Gasteiger partial charge on any atom is 0.426 e. The molecule has 144 valence electrons. The number of alkyl halides is 3. The molecule has 1 aromatic heterocycles. The molecule has 27 heavy (non-hydrogen) atoms. The molecule has 0 radical (unpaired) electrons. The van der Waals surface area contributed by atoms with Crippen molar-refractivity contribution in [3.05, 3.63) is 59.3 Å². The van der Waals surface area contributed by atoms with Gasteiger partial charge in [-0.15, -0.1) is 0 Å². The lowest BCUT2D eigenvalue weighted by Gasteiger charge is -2.07. The van der Waals surface area contributed by atoms with E-state index in [4.69, 9.17) is 20.8 Å². The predicted octanol–water partition coefficient (Wildman–Crippen LogP) is 5.95. The van der Waals surface area contributed by atoms with Crippen LogP contribution in [0.5, 0.6) is 0 Å². The average molecular weight is 399 g/mol. The Bertz CT molecular complexity index is 854. The van der Waals surface area contributed by atoms with Gasteiger partial charge < -0.3 is 9.15 Å². The quantitative estimate of drug-likeness (QED) is 0.584. The molecule has 0 N–H and O–H groups in total. The molecular formula is C20H18ClF3O3. The summed E-state index contributed by atoms with van der Waals surface area (Å²) in [5.41, 5.74) is 0.979. The number of hydrogen-bond donors (Lipinski definition) is 0. The van der Waals surface area contributed by atoms with Gasteiger partial charge in [0.1, 0.15) is 17.4 Å². The number of carbonyl (C=O) groups is 1. The molecule has 0 saturated heterocycles. The van der Waals surface area contributed by atoms with Crippen LogP contribution in [0.3, 0.4) is 0 Å². The summed E-state index contributed by atoms with van der Waals surface area (Å²) in [5, 5.41) is -1.21. The van der Waals surface area contributed by atoms with Gasteiger partial charge in [-0.1, -0.05) is 49.7 Å². The molecule has 1 aromatic carbocycles. The third kappa shape index (κ3) is 4.21. The molecule has 2 aromatic rings. The van der Waals surface area contributed by atoms with Crippen molar-refractivity contribution in [1.29, 1.82) is 0 Å². The smallest absolute Gasteiger partial charge is 0.426 e.